The van der Waals surface area contributed by atoms with Crippen LogP contribution in [0.3, 0.4) is 0 Å². The highest BCUT2D eigenvalue weighted by Crippen LogP contribution is 2.29. The van der Waals surface area contributed by atoms with Crippen molar-refractivity contribution < 1.29 is 43.9 Å². The van der Waals surface area contributed by atoms with Crippen LogP contribution in [-0.4, -0.2) is 54.1 Å². The molecule has 0 fully saturated rings. The Morgan fingerprint density at radius 2 is 1.54 bits per heavy atom. The molecular formula is C19H20O9. The maximum absolute atomic E-state index is 11.7. The molecule has 0 atom stereocenters. The fraction of sp³-hybridized carbons (Fsp3) is 0.211. The van der Waals surface area contributed by atoms with Crippen LogP contribution in [0.1, 0.15) is 38.0 Å². The quantitative estimate of drug-likeness (QED) is 0.633. The van der Waals surface area contributed by atoms with E-state index in [0.717, 1.165) is 0 Å². The smallest absolute Gasteiger partial charge is 0.342 e. The monoisotopic (exact) mass is 392 g/mol. The van der Waals surface area contributed by atoms with Crippen LogP contribution in [0.25, 0.3) is 0 Å². The molecule has 28 heavy (non-hydrogen) atoms. The summed E-state index contributed by atoms with van der Waals surface area (Å²) in [5.41, 5.74) is -0.157. The first-order valence-corrected chi connectivity index (χ1v) is 7.93. The number of carbonyl (C=O) groups is 3. The minimum Gasteiger partial charge on any atom is -0.508 e. The highest BCUT2D eigenvalue weighted by atomic mass is 16.5. The van der Waals surface area contributed by atoms with Gasteiger partial charge in [-0.3, -0.25) is 0 Å². The van der Waals surface area contributed by atoms with Gasteiger partial charge in [0.15, 0.2) is 0 Å². The second-order valence-electron chi connectivity index (χ2n) is 5.13. The molecule has 0 aliphatic carbocycles. The van der Waals surface area contributed by atoms with Gasteiger partial charge >= 0.3 is 17.9 Å². The minimum atomic E-state index is -1.25. The van der Waals surface area contributed by atoms with Crippen LogP contribution in [0, 0.1) is 0 Å². The molecule has 0 aliphatic rings. The molecule has 2 aromatic carbocycles. The van der Waals surface area contributed by atoms with Gasteiger partial charge < -0.3 is 29.5 Å². The number of carboxylic acids is 2. The predicted molar refractivity (Wildman–Crippen MR) is 97.5 cm³/mol. The van der Waals surface area contributed by atoms with Crippen LogP contribution in [0.5, 0.6) is 17.2 Å². The third-order valence-corrected chi connectivity index (χ3v) is 3.36. The molecule has 9 heteroatoms. The summed E-state index contributed by atoms with van der Waals surface area (Å²) >= 11 is 0. The van der Waals surface area contributed by atoms with Crippen LogP contribution < -0.4 is 9.47 Å². The lowest BCUT2D eigenvalue weighted by atomic mass is 10.1. The topological polar surface area (TPSA) is 140 Å². The molecule has 3 N–H and O–H groups in total. The molecule has 150 valence electrons. The zero-order valence-corrected chi connectivity index (χ0v) is 15.5. The number of hydrogen-bond acceptors (Lipinski definition) is 7. The normalized spacial score (nSPS) is 9.54. The Morgan fingerprint density at radius 3 is 1.96 bits per heavy atom. The van der Waals surface area contributed by atoms with Gasteiger partial charge in [-0.2, -0.15) is 0 Å². The largest absolute Gasteiger partial charge is 0.508 e. The van der Waals surface area contributed by atoms with Crippen molar-refractivity contribution in [3.8, 4) is 17.2 Å². The summed E-state index contributed by atoms with van der Waals surface area (Å²) in [5, 5.41) is 26.2. The average molecular weight is 392 g/mol. The Hall–Kier alpha value is -3.75. The van der Waals surface area contributed by atoms with E-state index in [0.29, 0.717) is 0 Å². The molecule has 0 bridgehead atoms. The number of rotatable bonds is 6. The molecule has 0 unspecified atom stereocenters. The third-order valence-electron chi connectivity index (χ3n) is 3.36. The van der Waals surface area contributed by atoms with Gasteiger partial charge in [-0.15, -0.1) is 0 Å². The van der Waals surface area contributed by atoms with E-state index in [1.165, 1.54) is 50.6 Å². The summed E-state index contributed by atoms with van der Waals surface area (Å²) in [6, 6.07) is 8.04. The van der Waals surface area contributed by atoms with Crippen molar-refractivity contribution in [3.63, 3.8) is 0 Å². The van der Waals surface area contributed by atoms with E-state index in [1.807, 2.05) is 0 Å². The summed E-state index contributed by atoms with van der Waals surface area (Å²) in [7, 11) is 2.73. The molecule has 0 aromatic heterocycles. The summed E-state index contributed by atoms with van der Waals surface area (Å²) in [6.45, 7) is 1.78. The van der Waals surface area contributed by atoms with Gasteiger partial charge in [0.1, 0.15) is 22.8 Å². The number of carbonyl (C=O) groups excluding carboxylic acids is 1. The van der Waals surface area contributed by atoms with E-state index >= 15 is 0 Å². The number of esters is 1. The molecule has 0 amide bonds. The summed E-state index contributed by atoms with van der Waals surface area (Å²) < 4.78 is 14.8. The predicted octanol–water partition coefficient (Wildman–Crippen LogP) is 2.67. The van der Waals surface area contributed by atoms with Crippen molar-refractivity contribution in [3.05, 3.63) is 53.1 Å². The molecule has 9 nitrogen and oxygen atoms in total. The van der Waals surface area contributed by atoms with Gasteiger partial charge in [0.2, 0.25) is 0 Å². The second-order valence-corrected chi connectivity index (χ2v) is 5.13. The van der Waals surface area contributed by atoms with E-state index in [2.05, 4.69) is 0 Å². The zero-order chi connectivity index (χ0) is 21.3. The maximum Gasteiger partial charge on any atom is 0.342 e. The van der Waals surface area contributed by atoms with E-state index in [-0.39, 0.29) is 40.5 Å². The lowest BCUT2D eigenvalue weighted by Crippen LogP contribution is -2.13. The van der Waals surface area contributed by atoms with E-state index < -0.39 is 17.9 Å². The Labute approximate surface area is 160 Å². The molecular weight excluding hydrogens is 372 g/mol. The zero-order valence-electron chi connectivity index (χ0n) is 15.5. The Morgan fingerprint density at radius 1 is 0.929 bits per heavy atom. The standard InChI is InChI=1S/C12H14O6.C7H6O3/c1-4-18-12(15)10-8(11(13)14)5-7(16-2)6-9(10)17-3;8-6-3-1-5(2-4-6)7(9)10/h5-6H,4H2,1-3H3,(H,13,14);1-4,8H,(H,9,10). The molecule has 0 spiro atoms. The number of hydrogen-bond donors (Lipinski definition) is 3. The number of phenols is 1. The summed E-state index contributed by atoms with van der Waals surface area (Å²) in [6.07, 6.45) is 0. The van der Waals surface area contributed by atoms with Crippen molar-refractivity contribution in [2.45, 2.75) is 6.92 Å². The van der Waals surface area contributed by atoms with Crippen molar-refractivity contribution in [2.24, 2.45) is 0 Å². The number of phenolic OH excluding ortho intramolecular Hbond substituents is 1. The third kappa shape index (κ3) is 5.90. The lowest BCUT2D eigenvalue weighted by molar-refractivity contribution is 0.0510. The first-order valence-electron chi connectivity index (χ1n) is 7.93. The van der Waals surface area contributed by atoms with Crippen LogP contribution in [-0.2, 0) is 4.74 Å². The molecule has 0 aliphatic heterocycles. The van der Waals surface area contributed by atoms with Crippen LogP contribution >= 0.6 is 0 Å². The van der Waals surface area contributed by atoms with Gasteiger partial charge in [0, 0.05) is 6.07 Å². The molecule has 2 aromatic rings. The van der Waals surface area contributed by atoms with Crippen LogP contribution in [0.2, 0.25) is 0 Å². The number of carboxylic acid groups (broad SMARTS) is 2. The first-order chi connectivity index (χ1) is 13.2. The number of methoxy groups -OCH3 is 2. The van der Waals surface area contributed by atoms with Gasteiger partial charge in [0.25, 0.3) is 0 Å². The Kier molecular flexibility index (Phi) is 8.29. The van der Waals surface area contributed by atoms with E-state index in [1.54, 1.807) is 6.92 Å². The van der Waals surface area contributed by atoms with Crippen molar-refractivity contribution >= 4 is 17.9 Å². The van der Waals surface area contributed by atoms with Crippen molar-refractivity contribution in [1.82, 2.24) is 0 Å². The lowest BCUT2D eigenvalue weighted by Gasteiger charge is -2.12. The van der Waals surface area contributed by atoms with Crippen molar-refractivity contribution in [1.29, 1.82) is 0 Å². The SMILES string of the molecule is CCOC(=O)c1c(OC)cc(OC)cc1C(=O)O.O=C(O)c1ccc(O)cc1. The highest BCUT2D eigenvalue weighted by molar-refractivity contribution is 6.05. The van der Waals surface area contributed by atoms with Gasteiger partial charge in [-0.05, 0) is 37.3 Å². The fourth-order valence-corrected chi connectivity index (χ4v) is 2.06. The average Bonchev–Trinajstić information content (AvgIpc) is 2.67. The van der Waals surface area contributed by atoms with Gasteiger partial charge in [0.05, 0.1) is 32.0 Å². The molecule has 0 radical (unpaired) electrons. The van der Waals surface area contributed by atoms with E-state index in [9.17, 15) is 14.4 Å². The second kappa shape index (κ2) is 10.4. The van der Waals surface area contributed by atoms with Crippen LogP contribution in [0.4, 0.5) is 0 Å². The number of benzene rings is 2. The first kappa shape index (κ1) is 22.3. The molecule has 0 heterocycles. The number of aromatic hydroxyl groups is 1. The van der Waals surface area contributed by atoms with Crippen molar-refractivity contribution in [2.75, 3.05) is 20.8 Å². The molecule has 0 saturated heterocycles. The van der Waals surface area contributed by atoms with Gasteiger partial charge in [-0.1, -0.05) is 0 Å². The van der Waals surface area contributed by atoms with Gasteiger partial charge in [-0.25, -0.2) is 14.4 Å². The Balaban J connectivity index is 0.000000330. The minimum absolute atomic E-state index is 0.0741. The Bertz CT molecular complexity index is 841. The highest BCUT2D eigenvalue weighted by Gasteiger charge is 2.24. The fourth-order valence-electron chi connectivity index (χ4n) is 2.06. The number of ether oxygens (including phenoxy) is 3. The summed E-state index contributed by atoms with van der Waals surface area (Å²) in [5.74, 6) is -2.52. The van der Waals surface area contributed by atoms with Crippen LogP contribution in [0.15, 0.2) is 36.4 Å². The maximum atomic E-state index is 11.7. The molecule has 2 rings (SSSR count). The number of aromatic carboxylic acids is 2. The van der Waals surface area contributed by atoms with E-state index in [4.69, 9.17) is 29.5 Å². The summed E-state index contributed by atoms with van der Waals surface area (Å²) in [4.78, 5) is 33.1. The molecule has 0 saturated carbocycles.